The first-order valence-corrected chi connectivity index (χ1v) is 5.22. The zero-order valence-corrected chi connectivity index (χ0v) is 9.59. The van der Waals surface area contributed by atoms with Crippen LogP contribution in [0.1, 0.15) is 5.56 Å². The van der Waals surface area contributed by atoms with Crippen LogP contribution in [0.3, 0.4) is 0 Å². The Bertz CT molecular complexity index is 574. The molecule has 1 aromatic rings. The van der Waals surface area contributed by atoms with E-state index in [-0.39, 0.29) is 17.9 Å². The van der Waals surface area contributed by atoms with E-state index in [1.54, 1.807) is 0 Å². The minimum absolute atomic E-state index is 0.0469. The lowest BCUT2D eigenvalue weighted by Gasteiger charge is -2.12. The number of nitrogens with zero attached hydrogens (tertiary/aromatic N) is 3. The molecule has 0 saturated heterocycles. The van der Waals surface area contributed by atoms with Gasteiger partial charge in [0.1, 0.15) is 5.69 Å². The number of anilines is 1. The van der Waals surface area contributed by atoms with Crippen molar-refractivity contribution in [2.24, 2.45) is 0 Å². The highest BCUT2D eigenvalue weighted by molar-refractivity contribution is 6.66. The highest BCUT2D eigenvalue weighted by Crippen LogP contribution is 2.40. The Labute approximate surface area is 105 Å². The van der Waals surface area contributed by atoms with E-state index in [0.717, 1.165) is 11.0 Å². The molecule has 1 heterocycles. The van der Waals surface area contributed by atoms with Crippen molar-refractivity contribution in [1.29, 1.82) is 0 Å². The van der Waals surface area contributed by atoms with Crippen LogP contribution >= 0.6 is 11.6 Å². The molecule has 0 N–H and O–H groups in total. The molecular formula is C9H6ClN3O5. The lowest BCUT2D eigenvalue weighted by atomic mass is 10.1. The molecule has 1 aromatic carbocycles. The summed E-state index contributed by atoms with van der Waals surface area (Å²) in [6.45, 7) is 0.180. The zero-order chi connectivity index (χ0) is 13.4. The second-order valence-corrected chi connectivity index (χ2v) is 3.96. The molecular weight excluding hydrogens is 266 g/mol. The summed E-state index contributed by atoms with van der Waals surface area (Å²) in [5.74, 6) is 0. The zero-order valence-electron chi connectivity index (χ0n) is 8.83. The van der Waals surface area contributed by atoms with Gasteiger partial charge in [-0.2, -0.15) is 0 Å². The van der Waals surface area contributed by atoms with Crippen LogP contribution < -0.4 is 4.90 Å². The summed E-state index contributed by atoms with van der Waals surface area (Å²) in [7, 11) is 0. The Balaban J connectivity index is 2.66. The number of hydrogen-bond acceptors (Lipinski definition) is 5. The Hall–Kier alpha value is -2.22. The van der Waals surface area contributed by atoms with Crippen molar-refractivity contribution in [3.8, 4) is 0 Å². The fraction of sp³-hybridized carbons (Fsp3) is 0.222. The predicted octanol–water partition coefficient (Wildman–Crippen LogP) is 2.22. The SMILES string of the molecule is O=C(Cl)N1CCc2cc([N+](=O)[O-])cc([N+](=O)[O-])c21. The maximum absolute atomic E-state index is 11.1. The monoisotopic (exact) mass is 271 g/mol. The molecule has 0 aliphatic carbocycles. The van der Waals surface area contributed by atoms with Crippen LogP contribution in [0.4, 0.5) is 21.9 Å². The van der Waals surface area contributed by atoms with Gasteiger partial charge in [0, 0.05) is 12.6 Å². The van der Waals surface area contributed by atoms with Gasteiger partial charge in [-0.3, -0.25) is 29.9 Å². The van der Waals surface area contributed by atoms with Gasteiger partial charge < -0.3 is 0 Å². The Morgan fingerprint density at radius 3 is 2.44 bits per heavy atom. The quantitative estimate of drug-likeness (QED) is 0.355. The lowest BCUT2D eigenvalue weighted by molar-refractivity contribution is -0.393. The first-order valence-electron chi connectivity index (χ1n) is 4.84. The standard InChI is InChI=1S/C9H6ClN3O5/c10-9(14)11-2-1-5-3-6(12(15)16)4-7(8(5)11)13(17)18/h3-4H,1-2H2. The molecule has 0 radical (unpaired) electrons. The summed E-state index contributed by atoms with van der Waals surface area (Å²) in [5.41, 5.74) is -0.425. The third kappa shape index (κ3) is 1.86. The minimum Gasteiger partial charge on any atom is -0.292 e. The van der Waals surface area contributed by atoms with Gasteiger partial charge >= 0.3 is 5.37 Å². The molecule has 9 heteroatoms. The Morgan fingerprint density at radius 1 is 1.28 bits per heavy atom. The number of amides is 1. The van der Waals surface area contributed by atoms with Gasteiger partial charge in [-0.15, -0.1) is 0 Å². The summed E-state index contributed by atoms with van der Waals surface area (Å²) in [4.78, 5) is 32.3. The van der Waals surface area contributed by atoms with Crippen LogP contribution in [-0.2, 0) is 6.42 Å². The van der Waals surface area contributed by atoms with Crippen molar-refractivity contribution >= 4 is 34.0 Å². The Kier molecular flexibility index (Phi) is 2.87. The molecule has 0 unspecified atom stereocenters. The van der Waals surface area contributed by atoms with E-state index in [4.69, 9.17) is 11.6 Å². The average Bonchev–Trinajstić information content (AvgIpc) is 2.70. The largest absolute Gasteiger partial charge is 0.321 e. The molecule has 18 heavy (non-hydrogen) atoms. The van der Waals surface area contributed by atoms with Gasteiger partial charge in [0.2, 0.25) is 0 Å². The molecule has 1 amide bonds. The number of carbonyl (C=O) groups is 1. The molecule has 8 nitrogen and oxygen atoms in total. The van der Waals surface area contributed by atoms with Crippen molar-refractivity contribution < 1.29 is 14.6 Å². The summed E-state index contributed by atoms with van der Waals surface area (Å²) in [6, 6.07) is 2.05. The number of rotatable bonds is 2. The number of non-ortho nitro benzene ring substituents is 1. The van der Waals surface area contributed by atoms with E-state index >= 15 is 0 Å². The highest BCUT2D eigenvalue weighted by Gasteiger charge is 2.34. The number of benzene rings is 1. The van der Waals surface area contributed by atoms with Crippen LogP contribution in [0.25, 0.3) is 0 Å². The highest BCUT2D eigenvalue weighted by atomic mass is 35.5. The second-order valence-electron chi connectivity index (χ2n) is 3.64. The molecule has 0 spiro atoms. The van der Waals surface area contributed by atoms with Gasteiger partial charge in [-0.1, -0.05) is 0 Å². The summed E-state index contributed by atoms with van der Waals surface area (Å²) in [5, 5.41) is 20.7. The summed E-state index contributed by atoms with van der Waals surface area (Å²) < 4.78 is 0. The number of fused-ring (bicyclic) bond motifs is 1. The van der Waals surface area contributed by atoms with Crippen LogP contribution in [0.15, 0.2) is 12.1 Å². The van der Waals surface area contributed by atoms with Gasteiger partial charge in [0.25, 0.3) is 11.4 Å². The maximum atomic E-state index is 11.1. The van der Waals surface area contributed by atoms with E-state index in [1.807, 2.05) is 0 Å². The van der Waals surface area contributed by atoms with Crippen LogP contribution in [0.5, 0.6) is 0 Å². The van der Waals surface area contributed by atoms with Crippen molar-refractivity contribution in [2.45, 2.75) is 6.42 Å². The molecule has 2 rings (SSSR count). The normalized spacial score (nSPS) is 13.3. The number of nitro groups is 2. The fourth-order valence-electron chi connectivity index (χ4n) is 1.93. The van der Waals surface area contributed by atoms with Crippen LogP contribution in [0.2, 0.25) is 0 Å². The molecule has 0 bridgehead atoms. The number of halogens is 1. The van der Waals surface area contributed by atoms with E-state index in [0.29, 0.717) is 12.0 Å². The van der Waals surface area contributed by atoms with Gasteiger partial charge in [-0.05, 0) is 23.6 Å². The molecule has 0 saturated carbocycles. The molecule has 1 aliphatic rings. The Morgan fingerprint density at radius 2 is 1.94 bits per heavy atom. The van der Waals surface area contributed by atoms with E-state index in [2.05, 4.69) is 0 Å². The number of hydrogen-bond donors (Lipinski definition) is 0. The molecule has 0 fully saturated rings. The first kappa shape index (κ1) is 12.2. The predicted molar refractivity (Wildman–Crippen MR) is 62.0 cm³/mol. The number of carbonyl (C=O) groups excluding carboxylic acids is 1. The third-order valence-corrected chi connectivity index (χ3v) is 2.85. The molecule has 1 aliphatic heterocycles. The average molecular weight is 272 g/mol. The van der Waals surface area contributed by atoms with Crippen molar-refractivity contribution in [1.82, 2.24) is 0 Å². The smallest absolute Gasteiger partial charge is 0.292 e. The summed E-state index contributed by atoms with van der Waals surface area (Å²) in [6.07, 6.45) is 0.302. The summed E-state index contributed by atoms with van der Waals surface area (Å²) >= 11 is 5.32. The lowest BCUT2D eigenvalue weighted by Crippen LogP contribution is -2.23. The topological polar surface area (TPSA) is 107 Å². The van der Waals surface area contributed by atoms with Crippen LogP contribution in [0, 0.1) is 20.2 Å². The van der Waals surface area contributed by atoms with Gasteiger partial charge in [0.05, 0.1) is 15.9 Å². The van der Waals surface area contributed by atoms with Crippen molar-refractivity contribution in [3.63, 3.8) is 0 Å². The maximum Gasteiger partial charge on any atom is 0.321 e. The fourth-order valence-corrected chi connectivity index (χ4v) is 2.10. The molecule has 0 atom stereocenters. The third-order valence-electron chi connectivity index (χ3n) is 2.65. The van der Waals surface area contributed by atoms with Gasteiger partial charge in [-0.25, -0.2) is 0 Å². The van der Waals surface area contributed by atoms with Gasteiger partial charge in [0.15, 0.2) is 0 Å². The van der Waals surface area contributed by atoms with E-state index in [9.17, 15) is 25.0 Å². The van der Waals surface area contributed by atoms with Crippen LogP contribution in [-0.4, -0.2) is 21.8 Å². The number of nitro benzene ring substituents is 2. The second kappa shape index (κ2) is 4.22. The molecule has 0 aromatic heterocycles. The minimum atomic E-state index is -0.842. The van der Waals surface area contributed by atoms with Crippen molar-refractivity contribution in [3.05, 3.63) is 37.9 Å². The first-order chi connectivity index (χ1) is 8.41. The van der Waals surface area contributed by atoms with Crippen molar-refractivity contribution in [2.75, 3.05) is 11.4 Å². The molecule has 94 valence electrons. The van der Waals surface area contributed by atoms with E-state index < -0.39 is 20.9 Å². The van der Waals surface area contributed by atoms with E-state index in [1.165, 1.54) is 6.07 Å².